The zero-order chi connectivity index (χ0) is 17.8. The van der Waals surface area contributed by atoms with Gasteiger partial charge in [-0.2, -0.15) is 5.26 Å². The molecule has 4 rings (SSSR count). The average molecular weight is 360 g/mol. The molecule has 26 heavy (non-hydrogen) atoms. The Kier molecular flexibility index (Phi) is 4.94. The molecule has 4 nitrogen and oxygen atoms in total. The quantitative estimate of drug-likeness (QED) is 0.650. The molecule has 0 unspecified atom stereocenters. The second-order valence-electron chi connectivity index (χ2n) is 6.53. The van der Waals surface area contributed by atoms with E-state index >= 15 is 0 Å². The Morgan fingerprint density at radius 3 is 2.46 bits per heavy atom. The monoisotopic (exact) mass is 360 g/mol. The van der Waals surface area contributed by atoms with Crippen molar-refractivity contribution in [2.24, 2.45) is 0 Å². The van der Waals surface area contributed by atoms with E-state index in [1.165, 1.54) is 25.7 Å². The Bertz CT molecular complexity index is 916. The molecule has 3 heterocycles. The van der Waals surface area contributed by atoms with Crippen LogP contribution in [-0.2, 0) is 0 Å². The molecule has 0 aliphatic carbocycles. The predicted molar refractivity (Wildman–Crippen MR) is 106 cm³/mol. The molecule has 1 aliphatic rings. The lowest BCUT2D eigenvalue weighted by atomic mass is 10.1. The Hall–Kier alpha value is -2.71. The Morgan fingerprint density at radius 1 is 0.962 bits per heavy atom. The number of hydrogen-bond donors (Lipinski definition) is 0. The minimum atomic E-state index is 0.667. The van der Waals surface area contributed by atoms with E-state index in [0.29, 0.717) is 5.56 Å². The van der Waals surface area contributed by atoms with Gasteiger partial charge >= 0.3 is 0 Å². The molecule has 1 aliphatic heterocycles. The molecule has 1 fully saturated rings. The molecule has 3 aromatic rings. The topological polar surface area (TPSA) is 52.8 Å². The van der Waals surface area contributed by atoms with E-state index in [-0.39, 0.29) is 0 Å². The highest BCUT2D eigenvalue weighted by Gasteiger charge is 2.13. The number of anilines is 1. The van der Waals surface area contributed by atoms with Crippen molar-refractivity contribution in [1.82, 2.24) is 9.97 Å². The fourth-order valence-corrected chi connectivity index (χ4v) is 4.10. The van der Waals surface area contributed by atoms with Crippen LogP contribution in [0.2, 0.25) is 0 Å². The lowest BCUT2D eigenvalue weighted by molar-refractivity contribution is 0.726. The molecule has 1 aromatic carbocycles. The van der Waals surface area contributed by atoms with Crippen LogP contribution >= 0.6 is 11.3 Å². The first-order chi connectivity index (χ1) is 12.8. The van der Waals surface area contributed by atoms with Gasteiger partial charge in [-0.25, -0.2) is 9.97 Å². The minimum absolute atomic E-state index is 0.667. The second-order valence-corrected chi connectivity index (χ2v) is 7.39. The number of aromatic nitrogens is 2. The van der Waals surface area contributed by atoms with E-state index in [0.717, 1.165) is 40.7 Å². The fraction of sp³-hybridized carbons (Fsp3) is 0.286. The van der Waals surface area contributed by atoms with Gasteiger partial charge in [-0.1, -0.05) is 25.0 Å². The number of hydrogen-bond acceptors (Lipinski definition) is 5. The molecule has 130 valence electrons. The lowest BCUT2D eigenvalue weighted by Crippen LogP contribution is -2.24. The minimum Gasteiger partial charge on any atom is -0.357 e. The normalized spacial score (nSPS) is 14.7. The molecular weight excluding hydrogens is 340 g/mol. The van der Waals surface area contributed by atoms with Gasteiger partial charge in [0.05, 0.1) is 17.3 Å². The van der Waals surface area contributed by atoms with Crippen LogP contribution in [0.15, 0.2) is 48.0 Å². The first kappa shape index (κ1) is 16.7. The number of pyridine rings is 1. The van der Waals surface area contributed by atoms with Gasteiger partial charge in [0.15, 0.2) is 0 Å². The summed E-state index contributed by atoms with van der Waals surface area (Å²) in [6.07, 6.45) is 7.00. The highest BCUT2D eigenvalue weighted by atomic mass is 32.1. The summed E-state index contributed by atoms with van der Waals surface area (Å²) in [6, 6.07) is 13.9. The van der Waals surface area contributed by atoms with Crippen molar-refractivity contribution < 1.29 is 0 Å². The number of rotatable bonds is 3. The maximum absolute atomic E-state index is 8.93. The van der Waals surface area contributed by atoms with E-state index < -0.39 is 0 Å². The number of nitriles is 1. The molecule has 0 spiro atoms. The molecular formula is C21H20N4S. The number of nitrogens with zero attached hydrogens (tertiary/aromatic N) is 4. The smallest absolute Gasteiger partial charge is 0.129 e. The second kappa shape index (κ2) is 7.67. The first-order valence-corrected chi connectivity index (χ1v) is 9.89. The summed E-state index contributed by atoms with van der Waals surface area (Å²) in [5, 5.41) is 12.0. The van der Waals surface area contributed by atoms with Crippen LogP contribution in [0.1, 0.15) is 31.2 Å². The maximum atomic E-state index is 8.93. The molecule has 0 amide bonds. The van der Waals surface area contributed by atoms with E-state index in [9.17, 15) is 0 Å². The predicted octanol–water partition coefficient (Wildman–Crippen LogP) is 5.12. The molecule has 0 N–H and O–H groups in total. The average Bonchev–Trinajstić information content (AvgIpc) is 3.04. The third-order valence-electron chi connectivity index (χ3n) is 4.74. The van der Waals surface area contributed by atoms with Crippen molar-refractivity contribution >= 4 is 17.2 Å². The van der Waals surface area contributed by atoms with Gasteiger partial charge in [0, 0.05) is 35.8 Å². The van der Waals surface area contributed by atoms with Crippen molar-refractivity contribution in [2.75, 3.05) is 18.0 Å². The van der Waals surface area contributed by atoms with Crippen LogP contribution in [0.4, 0.5) is 5.82 Å². The molecule has 0 radical (unpaired) electrons. The van der Waals surface area contributed by atoms with Crippen LogP contribution in [-0.4, -0.2) is 23.1 Å². The highest BCUT2D eigenvalue weighted by Crippen LogP contribution is 2.30. The van der Waals surface area contributed by atoms with Gasteiger partial charge in [-0.15, -0.1) is 11.3 Å². The number of thiazole rings is 1. The zero-order valence-corrected chi connectivity index (χ0v) is 15.4. The molecule has 0 bridgehead atoms. The molecule has 0 atom stereocenters. The van der Waals surface area contributed by atoms with Gasteiger partial charge in [0.2, 0.25) is 0 Å². The van der Waals surface area contributed by atoms with Gasteiger partial charge in [-0.05, 0) is 37.1 Å². The number of benzene rings is 1. The summed E-state index contributed by atoms with van der Waals surface area (Å²) >= 11 is 1.64. The van der Waals surface area contributed by atoms with Crippen LogP contribution in [0.3, 0.4) is 0 Å². The summed E-state index contributed by atoms with van der Waals surface area (Å²) in [4.78, 5) is 11.8. The SMILES string of the molecule is N#Cc1ccc(-c2csc(-c3ccnc(N4CCCCCC4)c3)n2)cc1. The third kappa shape index (κ3) is 3.61. The summed E-state index contributed by atoms with van der Waals surface area (Å²) in [7, 11) is 0. The first-order valence-electron chi connectivity index (χ1n) is 9.01. The van der Waals surface area contributed by atoms with Crippen molar-refractivity contribution in [3.8, 4) is 27.9 Å². The van der Waals surface area contributed by atoms with E-state index in [1.54, 1.807) is 11.3 Å². The Balaban J connectivity index is 1.59. The third-order valence-corrected chi connectivity index (χ3v) is 5.63. The van der Waals surface area contributed by atoms with E-state index in [2.05, 4.69) is 27.4 Å². The molecule has 5 heteroatoms. The van der Waals surface area contributed by atoms with Crippen molar-refractivity contribution in [3.63, 3.8) is 0 Å². The Labute approximate surface area is 157 Å². The van der Waals surface area contributed by atoms with Crippen molar-refractivity contribution in [3.05, 3.63) is 53.5 Å². The standard InChI is InChI=1S/C21H20N4S/c22-14-16-5-7-17(8-6-16)19-15-26-21(24-19)18-9-10-23-20(13-18)25-11-3-1-2-4-12-25/h5-10,13,15H,1-4,11-12H2. The van der Waals surface area contributed by atoms with Gasteiger partial charge in [0.25, 0.3) is 0 Å². The van der Waals surface area contributed by atoms with E-state index in [1.807, 2.05) is 36.5 Å². The van der Waals surface area contributed by atoms with Gasteiger partial charge in [0.1, 0.15) is 10.8 Å². The van der Waals surface area contributed by atoms with Crippen LogP contribution in [0.25, 0.3) is 21.8 Å². The Morgan fingerprint density at radius 2 is 1.73 bits per heavy atom. The molecule has 2 aromatic heterocycles. The summed E-state index contributed by atoms with van der Waals surface area (Å²) in [5.41, 5.74) is 3.76. The lowest BCUT2D eigenvalue weighted by Gasteiger charge is -2.21. The summed E-state index contributed by atoms with van der Waals surface area (Å²) in [5.74, 6) is 1.06. The summed E-state index contributed by atoms with van der Waals surface area (Å²) in [6.45, 7) is 2.18. The fourth-order valence-electron chi connectivity index (χ4n) is 3.28. The van der Waals surface area contributed by atoms with Crippen LogP contribution < -0.4 is 4.90 Å². The highest BCUT2D eigenvalue weighted by molar-refractivity contribution is 7.13. The van der Waals surface area contributed by atoms with Crippen molar-refractivity contribution in [1.29, 1.82) is 5.26 Å². The maximum Gasteiger partial charge on any atom is 0.129 e. The summed E-state index contributed by atoms with van der Waals surface area (Å²) < 4.78 is 0. The van der Waals surface area contributed by atoms with Crippen LogP contribution in [0, 0.1) is 11.3 Å². The largest absolute Gasteiger partial charge is 0.357 e. The van der Waals surface area contributed by atoms with E-state index in [4.69, 9.17) is 10.2 Å². The van der Waals surface area contributed by atoms with Gasteiger partial charge in [-0.3, -0.25) is 0 Å². The molecule has 0 saturated carbocycles. The zero-order valence-electron chi connectivity index (χ0n) is 14.6. The van der Waals surface area contributed by atoms with Gasteiger partial charge < -0.3 is 4.90 Å². The van der Waals surface area contributed by atoms with Crippen LogP contribution in [0.5, 0.6) is 0 Å². The van der Waals surface area contributed by atoms with Crippen molar-refractivity contribution in [2.45, 2.75) is 25.7 Å². The molecule has 1 saturated heterocycles.